The Bertz CT molecular complexity index is 991. The van der Waals surface area contributed by atoms with Crippen molar-refractivity contribution in [3.63, 3.8) is 0 Å². The maximum absolute atomic E-state index is 12.1. The van der Waals surface area contributed by atoms with Gasteiger partial charge in [0.05, 0.1) is 18.9 Å². The second-order valence-electron chi connectivity index (χ2n) is 6.10. The highest BCUT2D eigenvalue weighted by molar-refractivity contribution is 7.16. The summed E-state index contributed by atoms with van der Waals surface area (Å²) in [5, 5.41) is 25.7. The number of rotatable bonds is 4. The first-order valence-electron chi connectivity index (χ1n) is 8.59. The molecule has 3 rings (SSSR count). The van der Waals surface area contributed by atoms with Crippen LogP contribution in [0.1, 0.15) is 34.4 Å². The highest BCUT2D eigenvalue weighted by atomic mass is 32.1. The number of carbonyl (C=O) groups is 2. The van der Waals surface area contributed by atoms with Gasteiger partial charge in [-0.05, 0) is 49.4 Å². The Labute approximate surface area is 165 Å². The van der Waals surface area contributed by atoms with Gasteiger partial charge in [0.15, 0.2) is 0 Å². The van der Waals surface area contributed by atoms with E-state index >= 15 is 0 Å². The van der Waals surface area contributed by atoms with Crippen LogP contribution in [0, 0.1) is 11.3 Å². The van der Waals surface area contributed by atoms with Crippen molar-refractivity contribution in [2.24, 2.45) is 5.10 Å². The number of hydrogen-bond acceptors (Lipinski definition) is 7. The first kappa shape index (κ1) is 19.4. The van der Waals surface area contributed by atoms with Crippen molar-refractivity contribution in [2.45, 2.75) is 25.7 Å². The molecule has 0 spiro atoms. The topological polar surface area (TPSA) is 124 Å². The van der Waals surface area contributed by atoms with Gasteiger partial charge in [-0.25, -0.2) is 5.43 Å². The minimum Gasteiger partial charge on any atom is -0.507 e. The van der Waals surface area contributed by atoms with E-state index in [1.165, 1.54) is 36.8 Å². The van der Waals surface area contributed by atoms with Crippen LogP contribution in [0.3, 0.4) is 0 Å². The summed E-state index contributed by atoms with van der Waals surface area (Å²) in [6.45, 7) is 0. The summed E-state index contributed by atoms with van der Waals surface area (Å²) in [4.78, 5) is 25.2. The van der Waals surface area contributed by atoms with Crippen LogP contribution >= 0.6 is 11.3 Å². The van der Waals surface area contributed by atoms with E-state index in [0.717, 1.165) is 36.1 Å². The largest absolute Gasteiger partial charge is 0.507 e. The number of aryl methyl sites for hydroxylation is 1. The Morgan fingerprint density at radius 1 is 1.32 bits per heavy atom. The van der Waals surface area contributed by atoms with E-state index in [9.17, 15) is 20.0 Å². The lowest BCUT2D eigenvalue weighted by molar-refractivity contribution is -0.136. The molecule has 0 aliphatic heterocycles. The van der Waals surface area contributed by atoms with E-state index in [-0.39, 0.29) is 5.75 Å². The predicted molar refractivity (Wildman–Crippen MR) is 105 cm³/mol. The third kappa shape index (κ3) is 4.13. The van der Waals surface area contributed by atoms with Gasteiger partial charge in [0, 0.05) is 10.4 Å². The van der Waals surface area contributed by atoms with Gasteiger partial charge in [0.1, 0.15) is 22.6 Å². The number of thiophene rings is 1. The number of nitriles is 1. The lowest BCUT2D eigenvalue weighted by Crippen LogP contribution is -2.32. The third-order valence-electron chi connectivity index (χ3n) is 4.32. The van der Waals surface area contributed by atoms with E-state index < -0.39 is 11.8 Å². The molecule has 0 atom stereocenters. The molecule has 0 unspecified atom stereocenters. The SMILES string of the molecule is COc1ccc(O)c(/C=N/NC(=O)C(=O)Nc2sc3c(c2C#N)CCCC3)c1. The molecule has 28 heavy (non-hydrogen) atoms. The summed E-state index contributed by atoms with van der Waals surface area (Å²) in [5.74, 6) is -1.43. The molecule has 2 aromatic rings. The van der Waals surface area contributed by atoms with Crippen molar-refractivity contribution in [1.82, 2.24) is 5.43 Å². The molecule has 1 aliphatic carbocycles. The van der Waals surface area contributed by atoms with Gasteiger partial charge in [-0.2, -0.15) is 10.4 Å². The van der Waals surface area contributed by atoms with Crippen molar-refractivity contribution in [3.05, 3.63) is 39.8 Å². The number of phenolic OH excluding ortho intramolecular Hbond substituents is 1. The summed E-state index contributed by atoms with van der Waals surface area (Å²) in [7, 11) is 1.48. The number of nitrogens with zero attached hydrogens (tertiary/aromatic N) is 2. The molecule has 0 fully saturated rings. The van der Waals surface area contributed by atoms with Gasteiger partial charge in [0.2, 0.25) is 0 Å². The number of anilines is 1. The lowest BCUT2D eigenvalue weighted by Gasteiger charge is -2.09. The fourth-order valence-electron chi connectivity index (χ4n) is 2.91. The molecular formula is C19H18N4O4S. The fourth-order valence-corrected chi connectivity index (χ4v) is 4.14. The average Bonchev–Trinajstić information content (AvgIpc) is 3.06. The molecule has 1 heterocycles. The number of methoxy groups -OCH3 is 1. The molecule has 0 radical (unpaired) electrons. The van der Waals surface area contributed by atoms with Crippen molar-refractivity contribution in [1.29, 1.82) is 5.26 Å². The van der Waals surface area contributed by atoms with Crippen molar-refractivity contribution in [3.8, 4) is 17.6 Å². The minimum absolute atomic E-state index is 0.0499. The molecule has 0 saturated carbocycles. The van der Waals surface area contributed by atoms with Crippen LogP contribution < -0.4 is 15.5 Å². The predicted octanol–water partition coefficient (Wildman–Crippen LogP) is 2.30. The molecule has 0 bridgehead atoms. The number of fused-ring (bicyclic) bond motifs is 1. The first-order chi connectivity index (χ1) is 13.5. The number of nitrogens with one attached hydrogen (secondary N) is 2. The molecule has 2 amide bonds. The number of hydrogen-bond donors (Lipinski definition) is 3. The van der Waals surface area contributed by atoms with E-state index in [4.69, 9.17) is 4.74 Å². The quantitative estimate of drug-likeness (QED) is 0.414. The number of ether oxygens (including phenoxy) is 1. The number of phenols is 1. The zero-order valence-corrected chi connectivity index (χ0v) is 15.9. The minimum atomic E-state index is -0.978. The van der Waals surface area contributed by atoms with Crippen LogP contribution in [0.4, 0.5) is 5.00 Å². The zero-order valence-electron chi connectivity index (χ0n) is 15.1. The molecule has 1 aromatic heterocycles. The third-order valence-corrected chi connectivity index (χ3v) is 5.53. The summed E-state index contributed by atoms with van der Waals surface area (Å²) in [6, 6.07) is 6.66. The zero-order chi connectivity index (χ0) is 20.1. The Kier molecular flexibility index (Phi) is 5.91. The Morgan fingerprint density at radius 2 is 2.11 bits per heavy atom. The van der Waals surface area contributed by atoms with Crippen molar-refractivity contribution in [2.75, 3.05) is 12.4 Å². The highest BCUT2D eigenvalue weighted by Gasteiger charge is 2.23. The smallest absolute Gasteiger partial charge is 0.329 e. The van der Waals surface area contributed by atoms with Crippen LogP contribution in [0.15, 0.2) is 23.3 Å². The number of benzene rings is 1. The molecule has 3 N–H and O–H groups in total. The number of aromatic hydroxyl groups is 1. The Hall–Kier alpha value is -3.38. The summed E-state index contributed by atoms with van der Waals surface area (Å²) in [6.07, 6.45) is 4.96. The number of amides is 2. The van der Waals surface area contributed by atoms with Crippen LogP contribution in [-0.4, -0.2) is 30.2 Å². The monoisotopic (exact) mass is 398 g/mol. The van der Waals surface area contributed by atoms with E-state index in [2.05, 4.69) is 21.9 Å². The number of hydrazone groups is 1. The maximum Gasteiger partial charge on any atom is 0.329 e. The number of carbonyl (C=O) groups excluding carboxylic acids is 2. The second-order valence-corrected chi connectivity index (χ2v) is 7.21. The molecule has 8 nitrogen and oxygen atoms in total. The fraction of sp³-hybridized carbons (Fsp3) is 0.263. The Morgan fingerprint density at radius 3 is 2.86 bits per heavy atom. The van der Waals surface area contributed by atoms with Gasteiger partial charge in [-0.15, -0.1) is 11.3 Å². The standard InChI is InChI=1S/C19H18N4O4S/c1-27-12-6-7-15(24)11(8-12)10-21-23-18(26)17(25)22-19-14(9-20)13-4-2-3-5-16(13)28-19/h6-8,10,24H,2-5H2,1H3,(H,22,25)(H,23,26)/b21-10+. The van der Waals surface area contributed by atoms with Gasteiger partial charge in [-0.3, -0.25) is 9.59 Å². The lowest BCUT2D eigenvalue weighted by atomic mass is 9.96. The molecule has 9 heteroatoms. The molecule has 1 aromatic carbocycles. The van der Waals surface area contributed by atoms with Gasteiger partial charge in [0.25, 0.3) is 0 Å². The summed E-state index contributed by atoms with van der Waals surface area (Å²) >= 11 is 1.34. The van der Waals surface area contributed by atoms with Crippen molar-refractivity contribution < 1.29 is 19.4 Å². The summed E-state index contributed by atoms with van der Waals surface area (Å²) < 4.78 is 5.05. The molecule has 144 valence electrons. The van der Waals surface area contributed by atoms with Gasteiger partial charge in [-0.1, -0.05) is 0 Å². The molecule has 0 saturated heterocycles. The van der Waals surface area contributed by atoms with E-state index in [1.807, 2.05) is 0 Å². The van der Waals surface area contributed by atoms with E-state index in [0.29, 0.717) is 21.9 Å². The van der Waals surface area contributed by atoms with Crippen LogP contribution in [0.2, 0.25) is 0 Å². The maximum atomic E-state index is 12.1. The molecule has 1 aliphatic rings. The van der Waals surface area contributed by atoms with E-state index in [1.54, 1.807) is 6.07 Å². The molecular weight excluding hydrogens is 380 g/mol. The summed E-state index contributed by atoms with van der Waals surface area (Å²) in [5.41, 5.74) is 3.83. The second kappa shape index (κ2) is 8.54. The van der Waals surface area contributed by atoms with Crippen LogP contribution in [0.5, 0.6) is 11.5 Å². The van der Waals surface area contributed by atoms with Gasteiger partial charge < -0.3 is 15.2 Å². The van der Waals surface area contributed by atoms with Crippen LogP contribution in [0.25, 0.3) is 0 Å². The Balaban J connectivity index is 1.65. The van der Waals surface area contributed by atoms with Gasteiger partial charge >= 0.3 is 11.8 Å². The normalized spacial score (nSPS) is 12.9. The first-order valence-corrected chi connectivity index (χ1v) is 9.41. The van der Waals surface area contributed by atoms with Crippen molar-refractivity contribution >= 4 is 34.4 Å². The average molecular weight is 398 g/mol. The van der Waals surface area contributed by atoms with Crippen LogP contribution in [-0.2, 0) is 22.4 Å². The highest BCUT2D eigenvalue weighted by Crippen LogP contribution is 2.37.